The quantitative estimate of drug-likeness (QED) is 0.202. The van der Waals surface area contributed by atoms with Gasteiger partial charge in [-0.1, -0.05) is 60.7 Å². The lowest BCUT2D eigenvalue weighted by molar-refractivity contribution is 0.0945. The number of hydrogen-bond acceptors (Lipinski definition) is 6. The highest BCUT2D eigenvalue weighted by molar-refractivity contribution is 8.02. The highest BCUT2D eigenvalue weighted by atomic mass is 32.2. The SMILES string of the molecule is C=C1Cc2c(O)c(cc3ccccc23)C(=O)NCCSCCSCCNC(=O)c2cc3ccccc3c(c2O)C1. The zero-order valence-corrected chi connectivity index (χ0v) is 23.8. The molecule has 0 fully saturated rings. The van der Waals surface area contributed by atoms with E-state index in [0.29, 0.717) is 37.1 Å². The first kappa shape index (κ1) is 27.9. The fraction of sp³-hybridized carbons (Fsp3) is 0.250. The Hall–Kier alpha value is -3.62. The van der Waals surface area contributed by atoms with Gasteiger partial charge in [0.1, 0.15) is 11.5 Å². The van der Waals surface area contributed by atoms with Gasteiger partial charge >= 0.3 is 0 Å². The Balaban J connectivity index is 1.56. The number of allylic oxidation sites excluding steroid dienone is 1. The fourth-order valence-electron chi connectivity index (χ4n) is 5.08. The summed E-state index contributed by atoms with van der Waals surface area (Å²) in [6.07, 6.45) is 0.593. The Morgan fingerprint density at radius 3 is 1.52 bits per heavy atom. The van der Waals surface area contributed by atoms with Crippen LogP contribution in [0, 0.1) is 0 Å². The monoisotopic (exact) mass is 572 g/mol. The zero-order chi connectivity index (χ0) is 28.1. The van der Waals surface area contributed by atoms with Crippen LogP contribution in [0.3, 0.4) is 0 Å². The molecule has 0 aromatic heterocycles. The number of hydrogen-bond donors (Lipinski definition) is 4. The summed E-state index contributed by atoms with van der Waals surface area (Å²) >= 11 is 3.50. The van der Waals surface area contributed by atoms with E-state index in [0.717, 1.165) is 50.1 Å². The lowest BCUT2D eigenvalue weighted by atomic mass is 9.90. The minimum absolute atomic E-state index is 0.0606. The fourth-order valence-corrected chi connectivity index (χ4v) is 6.92. The molecule has 4 N–H and O–H groups in total. The molecule has 0 unspecified atom stereocenters. The largest absolute Gasteiger partial charge is 0.507 e. The Morgan fingerprint density at radius 1 is 0.650 bits per heavy atom. The van der Waals surface area contributed by atoms with Crippen molar-refractivity contribution in [2.75, 3.05) is 36.1 Å². The van der Waals surface area contributed by atoms with Gasteiger partial charge in [-0.15, -0.1) is 0 Å². The number of fused-ring (bicyclic) bond motifs is 8. The lowest BCUT2D eigenvalue weighted by Crippen LogP contribution is -2.26. The number of thioether (sulfide) groups is 2. The van der Waals surface area contributed by atoms with Gasteiger partial charge in [-0.3, -0.25) is 9.59 Å². The third-order valence-corrected chi connectivity index (χ3v) is 9.26. The second kappa shape index (κ2) is 12.7. The maximum Gasteiger partial charge on any atom is 0.255 e. The molecule has 6 nitrogen and oxygen atoms in total. The summed E-state index contributed by atoms with van der Waals surface area (Å²) in [7, 11) is 0. The first-order valence-corrected chi connectivity index (χ1v) is 15.6. The van der Waals surface area contributed by atoms with Crippen LogP contribution in [0.2, 0.25) is 0 Å². The van der Waals surface area contributed by atoms with Crippen molar-refractivity contribution >= 4 is 56.9 Å². The summed E-state index contributed by atoms with van der Waals surface area (Å²) in [6, 6.07) is 18.8. The molecular formula is C32H32N2O4S2. The van der Waals surface area contributed by atoms with Crippen LogP contribution in [0.15, 0.2) is 72.8 Å². The summed E-state index contributed by atoms with van der Waals surface area (Å²) in [5.41, 5.74) is 2.43. The Morgan fingerprint density at radius 2 is 1.07 bits per heavy atom. The normalized spacial score (nSPS) is 16.2. The molecule has 2 amide bonds. The minimum Gasteiger partial charge on any atom is -0.507 e. The number of benzene rings is 4. The van der Waals surface area contributed by atoms with Crippen LogP contribution in [-0.4, -0.2) is 58.1 Å². The van der Waals surface area contributed by atoms with Gasteiger partial charge in [-0.25, -0.2) is 0 Å². The van der Waals surface area contributed by atoms with E-state index in [4.69, 9.17) is 0 Å². The van der Waals surface area contributed by atoms with E-state index in [1.165, 1.54) is 0 Å². The first-order chi connectivity index (χ1) is 19.4. The third kappa shape index (κ3) is 6.08. The summed E-state index contributed by atoms with van der Waals surface area (Å²) < 4.78 is 0. The summed E-state index contributed by atoms with van der Waals surface area (Å²) in [6.45, 7) is 5.29. The van der Waals surface area contributed by atoms with Crippen LogP contribution in [0.5, 0.6) is 11.5 Å². The van der Waals surface area contributed by atoms with Gasteiger partial charge in [-0.2, -0.15) is 23.5 Å². The van der Waals surface area contributed by atoms with Gasteiger partial charge in [0.2, 0.25) is 0 Å². The predicted molar refractivity (Wildman–Crippen MR) is 167 cm³/mol. The van der Waals surface area contributed by atoms with E-state index in [9.17, 15) is 19.8 Å². The number of phenols is 2. The number of amides is 2. The zero-order valence-electron chi connectivity index (χ0n) is 22.2. The van der Waals surface area contributed by atoms with Crippen molar-refractivity contribution in [2.24, 2.45) is 0 Å². The van der Waals surface area contributed by atoms with E-state index < -0.39 is 0 Å². The average Bonchev–Trinajstić information content (AvgIpc) is 2.96. The molecule has 0 saturated heterocycles. The van der Waals surface area contributed by atoms with Crippen LogP contribution in [0.25, 0.3) is 21.5 Å². The summed E-state index contributed by atoms with van der Waals surface area (Å²) in [4.78, 5) is 26.2. The molecule has 1 aliphatic rings. The molecule has 0 atom stereocenters. The maximum atomic E-state index is 13.1. The molecule has 4 aromatic carbocycles. The molecule has 40 heavy (non-hydrogen) atoms. The number of carbonyl (C=O) groups excluding carboxylic acids is 2. The molecule has 0 aliphatic carbocycles. The molecule has 8 heteroatoms. The van der Waals surface area contributed by atoms with Crippen molar-refractivity contribution in [3.63, 3.8) is 0 Å². The van der Waals surface area contributed by atoms with E-state index >= 15 is 0 Å². The molecule has 0 spiro atoms. The van der Waals surface area contributed by atoms with E-state index in [1.54, 1.807) is 35.7 Å². The van der Waals surface area contributed by atoms with Crippen molar-refractivity contribution in [2.45, 2.75) is 12.8 Å². The Kier molecular flexibility index (Phi) is 8.87. The number of rotatable bonds is 0. The standard InChI is InChI=1S/C32H32N2O4S2/c1-20-16-25-23-8-4-2-6-21(23)18-27(29(25)35)31(37)33-10-12-39-14-15-40-13-11-34-32(38)28-19-22-7-3-5-9-24(22)26(17-20)30(28)36/h2-9,18-19,35-36H,1,10-17H2,(H,33,37)(H,34,38). The van der Waals surface area contributed by atoms with Gasteiger partial charge in [0, 0.05) is 47.2 Å². The molecule has 1 heterocycles. The second-order valence-corrected chi connectivity index (χ2v) is 12.2. The van der Waals surface area contributed by atoms with Crippen LogP contribution in [0.1, 0.15) is 31.8 Å². The van der Waals surface area contributed by atoms with Crippen LogP contribution >= 0.6 is 23.5 Å². The predicted octanol–water partition coefficient (Wildman–Crippen LogP) is 5.69. The molecule has 0 radical (unpaired) electrons. The molecule has 4 bridgehead atoms. The molecule has 1 aliphatic heterocycles. The average molecular weight is 573 g/mol. The van der Waals surface area contributed by atoms with Crippen molar-refractivity contribution in [3.8, 4) is 11.5 Å². The Labute approximate surface area is 242 Å². The number of carbonyl (C=O) groups is 2. The van der Waals surface area contributed by atoms with Crippen LogP contribution in [-0.2, 0) is 12.8 Å². The molecule has 5 rings (SSSR count). The van der Waals surface area contributed by atoms with Crippen LogP contribution in [0.4, 0.5) is 0 Å². The smallest absolute Gasteiger partial charge is 0.255 e. The van der Waals surface area contributed by atoms with Crippen molar-refractivity contribution in [3.05, 3.63) is 95.1 Å². The van der Waals surface area contributed by atoms with Gasteiger partial charge in [0.15, 0.2) is 0 Å². The van der Waals surface area contributed by atoms with Crippen molar-refractivity contribution in [1.29, 1.82) is 0 Å². The number of nitrogens with one attached hydrogen (secondary N) is 2. The molecule has 0 saturated carbocycles. The Bertz CT molecular complexity index is 1480. The second-order valence-electron chi connectivity index (χ2n) is 9.78. The van der Waals surface area contributed by atoms with Gasteiger partial charge in [0.25, 0.3) is 11.8 Å². The molecule has 206 valence electrons. The van der Waals surface area contributed by atoms with E-state index in [-0.39, 0.29) is 34.4 Å². The van der Waals surface area contributed by atoms with E-state index in [1.807, 2.05) is 48.5 Å². The number of aromatic hydroxyl groups is 2. The van der Waals surface area contributed by atoms with Crippen LogP contribution < -0.4 is 10.6 Å². The van der Waals surface area contributed by atoms with E-state index in [2.05, 4.69) is 17.2 Å². The highest BCUT2D eigenvalue weighted by Gasteiger charge is 2.21. The minimum atomic E-state index is -0.308. The van der Waals surface area contributed by atoms with Gasteiger partial charge in [-0.05, 0) is 46.5 Å². The van der Waals surface area contributed by atoms with Gasteiger partial charge in [0.05, 0.1) is 11.1 Å². The first-order valence-electron chi connectivity index (χ1n) is 13.3. The molecular weight excluding hydrogens is 540 g/mol. The van der Waals surface area contributed by atoms with Crippen molar-refractivity contribution < 1.29 is 19.8 Å². The maximum absolute atomic E-state index is 13.1. The van der Waals surface area contributed by atoms with Crippen molar-refractivity contribution in [1.82, 2.24) is 10.6 Å². The number of phenolic OH excluding ortho intramolecular Hbond substituents is 2. The summed E-state index contributed by atoms with van der Waals surface area (Å²) in [5, 5.41) is 31.9. The third-order valence-electron chi connectivity index (χ3n) is 7.03. The molecule has 4 aromatic rings. The highest BCUT2D eigenvalue weighted by Crippen LogP contribution is 2.36. The van der Waals surface area contributed by atoms with Gasteiger partial charge < -0.3 is 20.8 Å². The lowest BCUT2D eigenvalue weighted by Gasteiger charge is -2.17. The summed E-state index contributed by atoms with van der Waals surface area (Å²) in [5.74, 6) is 2.65. The topological polar surface area (TPSA) is 98.7 Å².